The summed E-state index contributed by atoms with van der Waals surface area (Å²) in [5, 5.41) is 0. The maximum absolute atomic E-state index is 2.21. The smallest absolute Gasteiger partial charge is 0.188 e. The molecule has 0 aliphatic carbocycles. The van der Waals surface area contributed by atoms with Crippen LogP contribution in [0.5, 0.6) is 0 Å². The molecule has 0 aromatic heterocycles. The fraction of sp³-hybridized carbons (Fsp3) is 1.00. The lowest BCUT2D eigenvalue weighted by atomic mass is 10.2. The van der Waals surface area contributed by atoms with Crippen molar-refractivity contribution < 1.29 is 0 Å². The molecule has 0 aliphatic heterocycles. The highest BCUT2D eigenvalue weighted by molar-refractivity contribution is 8.22. The molecule has 0 aromatic carbocycles. The minimum Gasteiger partial charge on any atom is -0.215 e. The number of hydrogen-bond acceptors (Lipinski definition) is 1. The van der Waals surface area contributed by atoms with Gasteiger partial charge in [0.05, 0.1) is 0 Å². The van der Waals surface area contributed by atoms with Crippen molar-refractivity contribution >= 4 is 18.2 Å². The zero-order valence-corrected chi connectivity index (χ0v) is 5.35. The Kier molecular flexibility index (Phi) is 5.79. The van der Waals surface area contributed by atoms with Crippen molar-refractivity contribution in [1.82, 2.24) is 0 Å². The van der Waals surface area contributed by atoms with Crippen molar-refractivity contribution in [1.29, 1.82) is 0 Å². The van der Waals surface area contributed by atoms with E-state index in [1.165, 1.54) is 18.7 Å². The average molecular weight is 102 g/mol. The third kappa shape index (κ3) is 4.41. The molecule has 0 unspecified atom stereocenters. The van der Waals surface area contributed by atoms with Gasteiger partial charge in [0.1, 0.15) is 0 Å². The molecule has 0 heterocycles. The van der Waals surface area contributed by atoms with Gasteiger partial charge in [0.25, 0.3) is 0 Å². The first-order valence-electron chi connectivity index (χ1n) is 2.49. The van der Waals surface area contributed by atoms with E-state index in [1.807, 2.05) is 11.6 Å². The maximum Gasteiger partial charge on any atom is 0.188 e. The summed E-state index contributed by atoms with van der Waals surface area (Å²) in [6.45, 7) is 5.68. The second kappa shape index (κ2) is 5.41. The minimum absolute atomic E-state index is 1.27. The summed E-state index contributed by atoms with van der Waals surface area (Å²) in [6.07, 6.45) is 1.32. The summed E-state index contributed by atoms with van der Waals surface area (Å²) < 4.78 is 0. The van der Waals surface area contributed by atoms with Crippen LogP contribution in [0.3, 0.4) is 0 Å². The third-order valence-corrected chi connectivity index (χ3v) is 1.66. The van der Waals surface area contributed by atoms with E-state index in [4.69, 9.17) is 0 Å². The lowest BCUT2D eigenvalue weighted by molar-refractivity contribution is 1.11. The predicted molar refractivity (Wildman–Crippen MR) is 35.8 cm³/mol. The predicted octanol–water partition coefficient (Wildman–Crippen LogP) is 1.53. The second-order valence-electron chi connectivity index (χ2n) is 1.20. The second-order valence-corrected chi connectivity index (χ2v) is 2.59. The van der Waals surface area contributed by atoms with E-state index in [0.717, 1.165) is 0 Å². The van der Waals surface area contributed by atoms with Gasteiger partial charge < -0.3 is 0 Å². The van der Waals surface area contributed by atoms with Crippen LogP contribution in [0.2, 0.25) is 6.82 Å². The first-order valence-corrected chi connectivity index (χ1v) is 3.65. The molecule has 0 N–H and O–H groups in total. The molecular formula is C4H11BS. The third-order valence-electron chi connectivity index (χ3n) is 0.553. The highest BCUT2D eigenvalue weighted by atomic mass is 32.2. The van der Waals surface area contributed by atoms with Crippen LogP contribution < -0.4 is 0 Å². The summed E-state index contributed by atoms with van der Waals surface area (Å²) in [7, 11) is 0. The SMILES string of the molecule is CBSCCC. The topological polar surface area (TPSA) is 0 Å². The highest BCUT2D eigenvalue weighted by Crippen LogP contribution is 1.96. The summed E-state index contributed by atoms with van der Waals surface area (Å²) >= 11 is 2.01. The van der Waals surface area contributed by atoms with Gasteiger partial charge in [-0.1, -0.05) is 13.7 Å². The van der Waals surface area contributed by atoms with Crippen molar-refractivity contribution in [2.75, 3.05) is 5.75 Å². The van der Waals surface area contributed by atoms with E-state index in [-0.39, 0.29) is 0 Å². The van der Waals surface area contributed by atoms with Gasteiger partial charge in [-0.3, -0.25) is 0 Å². The highest BCUT2D eigenvalue weighted by Gasteiger charge is 1.77. The van der Waals surface area contributed by atoms with Gasteiger partial charge in [-0.15, -0.1) is 0 Å². The molecule has 0 saturated carbocycles. The van der Waals surface area contributed by atoms with Crippen molar-refractivity contribution in [3.8, 4) is 0 Å². The van der Waals surface area contributed by atoms with Crippen molar-refractivity contribution in [2.45, 2.75) is 20.2 Å². The van der Waals surface area contributed by atoms with Crippen LogP contribution in [0.1, 0.15) is 13.3 Å². The summed E-state index contributed by atoms with van der Waals surface area (Å²) in [4.78, 5) is 0. The molecule has 6 heavy (non-hydrogen) atoms. The zero-order valence-electron chi connectivity index (χ0n) is 4.53. The standard InChI is InChI=1S/C4H11BS/c1-3-4-6-5-2/h5H,3-4H2,1-2H3. The lowest BCUT2D eigenvalue weighted by Crippen LogP contribution is -1.75. The van der Waals surface area contributed by atoms with E-state index < -0.39 is 0 Å². The average Bonchev–Trinajstić information content (AvgIpc) is 1.61. The molecule has 0 nitrogen and oxygen atoms in total. The number of rotatable bonds is 3. The van der Waals surface area contributed by atoms with Crippen molar-refractivity contribution in [3.63, 3.8) is 0 Å². The largest absolute Gasteiger partial charge is 0.215 e. The van der Waals surface area contributed by atoms with Crippen LogP contribution in [0.15, 0.2) is 0 Å². The van der Waals surface area contributed by atoms with Gasteiger partial charge in [-0.25, -0.2) is 11.6 Å². The molecule has 0 fully saturated rings. The lowest BCUT2D eigenvalue weighted by Gasteiger charge is -1.85. The minimum atomic E-state index is 1.27. The first-order chi connectivity index (χ1) is 2.91. The zero-order chi connectivity index (χ0) is 4.83. The van der Waals surface area contributed by atoms with Gasteiger partial charge in [0, 0.05) is 0 Å². The van der Waals surface area contributed by atoms with E-state index >= 15 is 0 Å². The van der Waals surface area contributed by atoms with E-state index in [2.05, 4.69) is 13.7 Å². The Hall–Kier alpha value is 0.415. The molecule has 36 valence electrons. The Labute approximate surface area is 44.8 Å². The Balaban J connectivity index is 2.34. The monoisotopic (exact) mass is 102 g/mol. The molecule has 0 spiro atoms. The molecule has 0 aliphatic rings. The molecule has 0 bridgehead atoms. The van der Waals surface area contributed by atoms with Gasteiger partial charge >= 0.3 is 0 Å². The molecule has 0 amide bonds. The Bertz CT molecular complexity index is 19.5. The van der Waals surface area contributed by atoms with E-state index in [1.54, 1.807) is 0 Å². The molecular weight excluding hydrogens is 90.9 g/mol. The molecule has 2 heteroatoms. The maximum atomic E-state index is 2.21. The molecule has 0 aromatic rings. The normalized spacial score (nSPS) is 8.33. The van der Waals surface area contributed by atoms with Crippen molar-refractivity contribution in [2.24, 2.45) is 0 Å². The quantitative estimate of drug-likeness (QED) is 0.384. The fourth-order valence-electron chi connectivity index (χ4n) is 0.289. The summed E-state index contributed by atoms with van der Waals surface area (Å²) in [5.74, 6) is 1.33. The van der Waals surface area contributed by atoms with E-state index in [0.29, 0.717) is 0 Å². The van der Waals surface area contributed by atoms with Crippen LogP contribution >= 0.6 is 11.6 Å². The van der Waals surface area contributed by atoms with Crippen LogP contribution in [0, 0.1) is 0 Å². The van der Waals surface area contributed by atoms with Gasteiger partial charge in [-0.2, -0.15) is 0 Å². The molecule has 0 atom stereocenters. The van der Waals surface area contributed by atoms with Gasteiger partial charge in [-0.05, 0) is 12.2 Å². The van der Waals surface area contributed by atoms with Crippen LogP contribution in [-0.4, -0.2) is 12.3 Å². The molecule has 0 rings (SSSR count). The van der Waals surface area contributed by atoms with Crippen molar-refractivity contribution in [3.05, 3.63) is 0 Å². The van der Waals surface area contributed by atoms with Crippen LogP contribution in [0.25, 0.3) is 0 Å². The van der Waals surface area contributed by atoms with Crippen LogP contribution in [0.4, 0.5) is 0 Å². The Morgan fingerprint density at radius 1 is 1.67 bits per heavy atom. The first kappa shape index (κ1) is 6.41. The van der Waals surface area contributed by atoms with Gasteiger partial charge in [0.2, 0.25) is 0 Å². The summed E-state index contributed by atoms with van der Waals surface area (Å²) in [5.41, 5.74) is 0. The van der Waals surface area contributed by atoms with E-state index in [9.17, 15) is 0 Å². The molecule has 0 saturated heterocycles. The summed E-state index contributed by atoms with van der Waals surface area (Å²) in [6, 6.07) is 0. The Morgan fingerprint density at radius 2 is 2.33 bits per heavy atom. The van der Waals surface area contributed by atoms with Crippen LogP contribution in [-0.2, 0) is 0 Å². The number of hydrogen-bond donors (Lipinski definition) is 0. The van der Waals surface area contributed by atoms with Gasteiger partial charge in [0.15, 0.2) is 6.56 Å². The fourth-order valence-corrected chi connectivity index (χ4v) is 0.866. The molecule has 0 radical (unpaired) electrons. The Morgan fingerprint density at radius 3 is 2.50 bits per heavy atom.